The lowest BCUT2D eigenvalue weighted by Gasteiger charge is -2.06. The number of anilines is 1. The first-order valence-corrected chi connectivity index (χ1v) is 6.83. The zero-order valence-corrected chi connectivity index (χ0v) is 11.7. The zero-order chi connectivity index (χ0) is 14.5. The molecule has 0 saturated carbocycles. The molecule has 1 amide bonds. The third-order valence-electron chi connectivity index (χ3n) is 2.55. The van der Waals surface area contributed by atoms with Gasteiger partial charge in [-0.1, -0.05) is 17.9 Å². The summed E-state index contributed by atoms with van der Waals surface area (Å²) in [6.07, 6.45) is 0. The van der Waals surface area contributed by atoms with Crippen molar-refractivity contribution >= 4 is 22.9 Å². The summed E-state index contributed by atoms with van der Waals surface area (Å²) in [6.45, 7) is 2.11. The molecule has 0 radical (unpaired) electrons. The lowest BCUT2D eigenvalue weighted by Crippen LogP contribution is -2.12. The van der Waals surface area contributed by atoms with Crippen LogP contribution in [0, 0.1) is 24.6 Å². The standard InChI is InChI=1S/C15H13FN2OS/c1-10-4-5-13(16)14(7-10)18-15(19)11-8-12(20-9-11)3-2-6-17/h4-5,7-9H,6,17H2,1H3,(H,18,19). The van der Waals surface area contributed by atoms with E-state index < -0.39 is 5.82 Å². The summed E-state index contributed by atoms with van der Waals surface area (Å²) < 4.78 is 13.6. The Bertz CT molecular complexity index is 697. The van der Waals surface area contributed by atoms with Crippen LogP contribution in [0.4, 0.5) is 10.1 Å². The van der Waals surface area contributed by atoms with Gasteiger partial charge in [-0.25, -0.2) is 4.39 Å². The van der Waals surface area contributed by atoms with Crippen molar-refractivity contribution in [2.75, 3.05) is 11.9 Å². The Morgan fingerprint density at radius 3 is 3.00 bits per heavy atom. The molecule has 0 atom stereocenters. The number of hydrogen-bond acceptors (Lipinski definition) is 3. The van der Waals surface area contributed by atoms with Gasteiger partial charge in [0, 0.05) is 5.38 Å². The molecule has 0 saturated heterocycles. The molecule has 1 heterocycles. The van der Waals surface area contributed by atoms with Gasteiger partial charge in [-0.05, 0) is 30.7 Å². The molecule has 102 valence electrons. The lowest BCUT2D eigenvalue weighted by molar-refractivity contribution is 0.102. The molecule has 3 nitrogen and oxygen atoms in total. The first kappa shape index (κ1) is 14.3. The number of halogens is 1. The van der Waals surface area contributed by atoms with E-state index in [4.69, 9.17) is 5.73 Å². The normalized spacial score (nSPS) is 9.75. The topological polar surface area (TPSA) is 55.1 Å². The molecule has 3 N–H and O–H groups in total. The van der Waals surface area contributed by atoms with E-state index in [1.807, 2.05) is 6.92 Å². The van der Waals surface area contributed by atoms with Gasteiger partial charge < -0.3 is 11.1 Å². The van der Waals surface area contributed by atoms with Crippen molar-refractivity contribution in [1.82, 2.24) is 0 Å². The van der Waals surface area contributed by atoms with Gasteiger partial charge >= 0.3 is 0 Å². The number of hydrogen-bond donors (Lipinski definition) is 2. The number of aryl methyl sites for hydroxylation is 1. The van der Waals surface area contributed by atoms with E-state index in [0.717, 1.165) is 10.4 Å². The number of carbonyl (C=O) groups excluding carboxylic acids is 1. The smallest absolute Gasteiger partial charge is 0.256 e. The lowest BCUT2D eigenvalue weighted by atomic mass is 10.2. The molecular formula is C15H13FN2OS. The minimum atomic E-state index is -0.456. The van der Waals surface area contributed by atoms with Crippen LogP contribution >= 0.6 is 11.3 Å². The highest BCUT2D eigenvalue weighted by Gasteiger charge is 2.11. The van der Waals surface area contributed by atoms with Gasteiger partial charge in [-0.15, -0.1) is 11.3 Å². The molecule has 0 aliphatic rings. The number of nitrogens with one attached hydrogen (secondary N) is 1. The van der Waals surface area contributed by atoms with Crippen LogP contribution in [0.25, 0.3) is 0 Å². The second-order valence-electron chi connectivity index (χ2n) is 4.14. The van der Waals surface area contributed by atoms with Crippen molar-refractivity contribution in [3.8, 4) is 11.8 Å². The van der Waals surface area contributed by atoms with Gasteiger partial charge in [0.2, 0.25) is 0 Å². The van der Waals surface area contributed by atoms with Gasteiger partial charge in [0.1, 0.15) is 5.82 Å². The van der Waals surface area contributed by atoms with Gasteiger partial charge in [0.25, 0.3) is 5.91 Å². The Kier molecular flexibility index (Phi) is 4.51. The second kappa shape index (κ2) is 6.33. The minimum Gasteiger partial charge on any atom is -0.320 e. The average molecular weight is 288 g/mol. The van der Waals surface area contributed by atoms with Crippen LogP contribution in [-0.2, 0) is 0 Å². The molecule has 1 aromatic heterocycles. The van der Waals surface area contributed by atoms with Crippen LogP contribution in [0.15, 0.2) is 29.6 Å². The van der Waals surface area contributed by atoms with Crippen LogP contribution < -0.4 is 11.1 Å². The number of amides is 1. The van der Waals surface area contributed by atoms with E-state index in [-0.39, 0.29) is 18.1 Å². The van der Waals surface area contributed by atoms with Gasteiger partial charge in [0.15, 0.2) is 0 Å². The maximum absolute atomic E-state index is 13.6. The summed E-state index contributed by atoms with van der Waals surface area (Å²) in [5, 5.41) is 4.24. The summed E-state index contributed by atoms with van der Waals surface area (Å²) in [5.41, 5.74) is 6.79. The highest BCUT2D eigenvalue weighted by molar-refractivity contribution is 7.10. The van der Waals surface area contributed by atoms with Crippen molar-refractivity contribution in [3.05, 3.63) is 51.5 Å². The first-order chi connectivity index (χ1) is 9.60. The monoisotopic (exact) mass is 288 g/mol. The quantitative estimate of drug-likeness (QED) is 0.835. The van der Waals surface area contributed by atoms with E-state index in [2.05, 4.69) is 17.2 Å². The largest absolute Gasteiger partial charge is 0.320 e. The predicted molar refractivity (Wildman–Crippen MR) is 79.3 cm³/mol. The Morgan fingerprint density at radius 2 is 2.25 bits per heavy atom. The summed E-state index contributed by atoms with van der Waals surface area (Å²) >= 11 is 1.35. The fourth-order valence-corrected chi connectivity index (χ4v) is 2.34. The Balaban J connectivity index is 2.15. The molecule has 0 bridgehead atoms. The Labute approximate surface area is 120 Å². The summed E-state index contributed by atoms with van der Waals surface area (Å²) in [5.74, 6) is 4.76. The van der Waals surface area contributed by atoms with E-state index in [1.165, 1.54) is 17.4 Å². The Hall–Kier alpha value is -2.16. The van der Waals surface area contributed by atoms with Crippen LogP contribution in [0.3, 0.4) is 0 Å². The van der Waals surface area contributed by atoms with Crippen molar-refractivity contribution in [1.29, 1.82) is 0 Å². The maximum atomic E-state index is 13.6. The fourth-order valence-electron chi connectivity index (χ4n) is 1.59. The van der Waals surface area contributed by atoms with Crippen molar-refractivity contribution in [2.45, 2.75) is 6.92 Å². The van der Waals surface area contributed by atoms with E-state index >= 15 is 0 Å². The van der Waals surface area contributed by atoms with Crippen LogP contribution in [-0.4, -0.2) is 12.5 Å². The molecule has 0 fully saturated rings. The summed E-state index contributed by atoms with van der Waals surface area (Å²) in [6, 6.07) is 6.23. The third-order valence-corrected chi connectivity index (χ3v) is 3.39. The molecule has 2 aromatic rings. The molecule has 20 heavy (non-hydrogen) atoms. The molecule has 2 rings (SSSR count). The number of benzene rings is 1. The van der Waals surface area contributed by atoms with E-state index in [1.54, 1.807) is 23.6 Å². The van der Waals surface area contributed by atoms with Crippen molar-refractivity contribution in [3.63, 3.8) is 0 Å². The van der Waals surface area contributed by atoms with Crippen LogP contribution in [0.5, 0.6) is 0 Å². The van der Waals surface area contributed by atoms with E-state index in [9.17, 15) is 9.18 Å². The highest BCUT2D eigenvalue weighted by atomic mass is 32.1. The number of thiophene rings is 1. The van der Waals surface area contributed by atoms with Gasteiger partial charge in [-0.3, -0.25) is 4.79 Å². The SMILES string of the molecule is Cc1ccc(F)c(NC(=O)c2csc(C#CCN)c2)c1. The summed E-state index contributed by atoms with van der Waals surface area (Å²) in [7, 11) is 0. The van der Waals surface area contributed by atoms with E-state index in [0.29, 0.717) is 5.56 Å². The Morgan fingerprint density at radius 1 is 1.45 bits per heavy atom. The number of nitrogens with two attached hydrogens (primary N) is 1. The number of carbonyl (C=O) groups is 1. The number of rotatable bonds is 2. The summed E-state index contributed by atoms with van der Waals surface area (Å²) in [4.78, 5) is 12.8. The van der Waals surface area contributed by atoms with Crippen molar-refractivity contribution < 1.29 is 9.18 Å². The van der Waals surface area contributed by atoms with Gasteiger partial charge in [-0.2, -0.15) is 0 Å². The maximum Gasteiger partial charge on any atom is 0.256 e. The first-order valence-electron chi connectivity index (χ1n) is 5.95. The average Bonchev–Trinajstić information content (AvgIpc) is 2.89. The molecule has 0 spiro atoms. The molecule has 0 unspecified atom stereocenters. The van der Waals surface area contributed by atoms with Crippen LogP contribution in [0.2, 0.25) is 0 Å². The minimum absolute atomic E-state index is 0.177. The van der Waals surface area contributed by atoms with Crippen molar-refractivity contribution in [2.24, 2.45) is 5.73 Å². The third kappa shape index (κ3) is 3.44. The zero-order valence-electron chi connectivity index (χ0n) is 10.9. The van der Waals surface area contributed by atoms with Crippen LogP contribution in [0.1, 0.15) is 20.8 Å². The predicted octanol–water partition coefficient (Wildman–Crippen LogP) is 2.76. The molecular weight excluding hydrogens is 275 g/mol. The molecule has 1 aromatic carbocycles. The second-order valence-corrected chi connectivity index (χ2v) is 5.05. The van der Waals surface area contributed by atoms with Gasteiger partial charge in [0.05, 0.1) is 22.7 Å². The molecule has 5 heteroatoms. The molecule has 0 aliphatic carbocycles. The highest BCUT2D eigenvalue weighted by Crippen LogP contribution is 2.19. The molecule has 0 aliphatic heterocycles. The fraction of sp³-hybridized carbons (Fsp3) is 0.133.